The fourth-order valence-corrected chi connectivity index (χ4v) is 12.6. The van der Waals surface area contributed by atoms with Crippen molar-refractivity contribution in [1.29, 1.82) is 0 Å². The predicted octanol–water partition coefficient (Wildman–Crippen LogP) is 8.38. The summed E-state index contributed by atoms with van der Waals surface area (Å²) in [4.78, 5) is 64.9. The van der Waals surface area contributed by atoms with Crippen molar-refractivity contribution in [1.82, 2.24) is 14.7 Å². The van der Waals surface area contributed by atoms with Gasteiger partial charge in [-0.25, -0.2) is 4.68 Å². The molecule has 8 rings (SSSR count). The first-order valence-electron chi connectivity index (χ1n) is 22.6. The average Bonchev–Trinajstić information content (AvgIpc) is 3.36. The number of hydrogen-bond acceptors (Lipinski definition) is 10. The van der Waals surface area contributed by atoms with Gasteiger partial charge in [0.15, 0.2) is 18.0 Å². The van der Waals surface area contributed by atoms with Crippen LogP contribution in [0, 0.1) is 28.6 Å². The number of likely N-dealkylation sites (tertiary alicyclic amines) is 1. The Morgan fingerprint density at radius 2 is 1.63 bits per heavy atom. The van der Waals surface area contributed by atoms with E-state index in [2.05, 4.69) is 11.9 Å². The number of nitrogens with zero attached hydrogens (tertiary/aromatic N) is 3. The minimum absolute atomic E-state index is 0.0278. The molecule has 13 heteroatoms. The summed E-state index contributed by atoms with van der Waals surface area (Å²) in [5, 5.41) is 19.1. The summed E-state index contributed by atoms with van der Waals surface area (Å²) in [7, 11) is 2.14. The second-order valence-electron chi connectivity index (χ2n) is 18.8. The Morgan fingerprint density at radius 1 is 0.937 bits per heavy atom. The number of carbonyl (C=O) groups is 4. The molecule has 3 aromatic rings. The van der Waals surface area contributed by atoms with Gasteiger partial charge in [0.05, 0.1) is 28.1 Å². The number of aliphatic hydroxyl groups excluding tert-OH is 1. The zero-order chi connectivity index (χ0) is 45.5. The van der Waals surface area contributed by atoms with Crippen LogP contribution in [0.25, 0.3) is 10.8 Å². The monoisotopic (exact) mass is 901 g/mol. The highest BCUT2D eigenvalue weighted by atomic mass is 35.5. The largest absolute Gasteiger partial charge is 0.457 e. The highest BCUT2D eigenvalue weighted by molar-refractivity contribution is 6.30. The number of Topliss-reactive ketones (excluding diaryl/α,β-unsaturated/α-hetero) is 1. The molecule has 2 heterocycles. The van der Waals surface area contributed by atoms with Crippen molar-refractivity contribution in [2.24, 2.45) is 28.6 Å². The Kier molecular flexibility index (Phi) is 13.7. The number of fused-ring (bicyclic) bond motifs is 6. The van der Waals surface area contributed by atoms with Crippen molar-refractivity contribution in [3.8, 4) is 0 Å². The number of ketones is 2. The van der Waals surface area contributed by atoms with Gasteiger partial charge in [-0.2, -0.15) is 5.10 Å². The normalized spacial score (nSPS) is 32.6. The molecular formula is C50H61Cl2N3O8. The first-order chi connectivity index (χ1) is 29.9. The quantitative estimate of drug-likeness (QED) is 0.164. The van der Waals surface area contributed by atoms with Gasteiger partial charge in [-0.15, -0.1) is 11.6 Å². The van der Waals surface area contributed by atoms with E-state index in [1.807, 2.05) is 75.4 Å². The third kappa shape index (κ3) is 8.25. The van der Waals surface area contributed by atoms with E-state index in [4.69, 9.17) is 37.8 Å². The zero-order valence-electron chi connectivity index (χ0n) is 37.3. The lowest BCUT2D eigenvalue weighted by Crippen LogP contribution is -2.69. The summed E-state index contributed by atoms with van der Waals surface area (Å²) in [6, 6.07) is 15.8. The van der Waals surface area contributed by atoms with Gasteiger partial charge in [0, 0.05) is 46.4 Å². The van der Waals surface area contributed by atoms with E-state index in [-0.39, 0.29) is 54.4 Å². The Balaban J connectivity index is 0.000000196. The number of aliphatic hydroxyl groups is 1. The first kappa shape index (κ1) is 46.8. The first-order valence-corrected chi connectivity index (χ1v) is 23.3. The summed E-state index contributed by atoms with van der Waals surface area (Å²) in [5.41, 5.74) is -0.148. The minimum Gasteiger partial charge on any atom is -0.457 e. The number of halogens is 2. The number of allylic oxidation sites excluding steroid dienone is 4. The Labute approximate surface area is 380 Å². The topological polar surface area (TPSA) is 145 Å². The van der Waals surface area contributed by atoms with Crippen LogP contribution in [0.15, 0.2) is 77.1 Å². The number of ether oxygens (including phenoxy) is 2. The molecular weight excluding hydrogens is 841 g/mol. The summed E-state index contributed by atoms with van der Waals surface area (Å²) in [6.07, 6.45) is 9.92. The van der Waals surface area contributed by atoms with Gasteiger partial charge in [0.2, 0.25) is 5.78 Å². The maximum Gasteiger partial charge on any atom is 0.306 e. The van der Waals surface area contributed by atoms with Crippen molar-refractivity contribution in [3.63, 3.8) is 0 Å². The van der Waals surface area contributed by atoms with Gasteiger partial charge in [-0.3, -0.25) is 24.0 Å². The van der Waals surface area contributed by atoms with E-state index < -0.39 is 51.7 Å². The van der Waals surface area contributed by atoms with Gasteiger partial charge in [-0.05, 0) is 113 Å². The lowest BCUT2D eigenvalue weighted by Gasteiger charge is -2.64. The smallest absolute Gasteiger partial charge is 0.306 e. The van der Waals surface area contributed by atoms with E-state index in [1.54, 1.807) is 24.6 Å². The maximum absolute atomic E-state index is 13.9. The fraction of sp³-hybridized carbons (Fsp3) is 0.560. The number of alkyl halides is 1. The molecule has 1 unspecified atom stereocenters. The molecule has 0 radical (unpaired) electrons. The number of carbonyl (C=O) groups excluding carboxylic acids is 4. The van der Waals surface area contributed by atoms with Crippen molar-refractivity contribution in [3.05, 3.63) is 99.0 Å². The van der Waals surface area contributed by atoms with Crippen LogP contribution in [-0.4, -0.2) is 86.6 Å². The van der Waals surface area contributed by atoms with Crippen LogP contribution in [-0.2, 0) is 35.1 Å². The number of esters is 2. The van der Waals surface area contributed by atoms with Crippen LogP contribution in [0.4, 0.5) is 0 Å². The summed E-state index contributed by atoms with van der Waals surface area (Å²) >= 11 is 13.5. The molecule has 1 N–H and O–H groups in total. The van der Waals surface area contributed by atoms with Gasteiger partial charge >= 0.3 is 11.9 Å². The van der Waals surface area contributed by atoms with Crippen molar-refractivity contribution in [2.75, 3.05) is 26.7 Å². The molecule has 9 atom stereocenters. The minimum atomic E-state index is -1.55. The molecule has 1 saturated heterocycles. The van der Waals surface area contributed by atoms with Crippen LogP contribution < -0.4 is 5.56 Å². The number of rotatable bonds is 9. The Morgan fingerprint density at radius 3 is 2.33 bits per heavy atom. The molecule has 2 aromatic carbocycles. The van der Waals surface area contributed by atoms with Crippen molar-refractivity contribution >= 4 is 57.5 Å². The highest BCUT2D eigenvalue weighted by Crippen LogP contribution is 2.72. The van der Waals surface area contributed by atoms with E-state index >= 15 is 0 Å². The third-order valence-electron chi connectivity index (χ3n) is 15.3. The van der Waals surface area contributed by atoms with Crippen LogP contribution >= 0.6 is 23.2 Å². The van der Waals surface area contributed by atoms with E-state index in [1.165, 1.54) is 6.08 Å². The number of aromatic nitrogens is 2. The summed E-state index contributed by atoms with van der Waals surface area (Å²) in [6.45, 7) is 10.7. The van der Waals surface area contributed by atoms with Crippen molar-refractivity contribution < 1.29 is 33.8 Å². The van der Waals surface area contributed by atoms with Gasteiger partial charge in [0.1, 0.15) is 0 Å². The average molecular weight is 903 g/mol. The lowest BCUT2D eigenvalue weighted by molar-refractivity contribution is -0.203. The molecule has 4 aliphatic carbocycles. The maximum atomic E-state index is 13.9. The van der Waals surface area contributed by atoms with Gasteiger partial charge in [-0.1, -0.05) is 88.2 Å². The summed E-state index contributed by atoms with van der Waals surface area (Å²) < 4.78 is 13.0. The Hall–Kier alpha value is -4.16. The van der Waals surface area contributed by atoms with Crippen LogP contribution in [0.3, 0.4) is 0 Å². The second-order valence-corrected chi connectivity index (χ2v) is 19.9. The molecule has 1 aromatic heterocycles. The van der Waals surface area contributed by atoms with Gasteiger partial charge in [0.25, 0.3) is 5.56 Å². The predicted molar refractivity (Wildman–Crippen MR) is 244 cm³/mol. The molecule has 63 heavy (non-hydrogen) atoms. The van der Waals surface area contributed by atoms with Crippen LogP contribution in [0.5, 0.6) is 0 Å². The van der Waals surface area contributed by atoms with E-state index in [0.717, 1.165) is 65.0 Å². The molecule has 5 aliphatic rings. The molecule has 0 amide bonds. The fourth-order valence-electron chi connectivity index (χ4n) is 11.9. The Bertz CT molecular complexity index is 2380. The lowest BCUT2D eigenvalue weighted by atomic mass is 9.45. The molecule has 1 aliphatic heterocycles. The van der Waals surface area contributed by atoms with E-state index in [9.17, 15) is 29.1 Å². The SMILES string of the molecule is CCC(=O)OCC(=O)[C@@]1(OC(=O)CC)[C@@H](C)C[C@H]2[C@@H]3CCC4=CC(=O)C=C[C@]4(C)[C@@]3(Cl)[C@@H](O)C[C@@]21C.CN1CCCC(n2nc(Cc3ccc(Cl)cc3)c3ccccc3c2=O)CC1. The van der Waals surface area contributed by atoms with Crippen LogP contribution in [0.2, 0.25) is 5.02 Å². The summed E-state index contributed by atoms with van der Waals surface area (Å²) in [5.74, 6) is -2.24. The molecule has 4 fully saturated rings. The second kappa shape index (κ2) is 18.4. The van der Waals surface area contributed by atoms with Crippen LogP contribution in [0.1, 0.15) is 110 Å². The van der Waals surface area contributed by atoms with Gasteiger partial charge < -0.3 is 19.5 Å². The molecule has 0 spiro atoms. The zero-order valence-corrected chi connectivity index (χ0v) is 38.8. The van der Waals surface area contributed by atoms with E-state index in [0.29, 0.717) is 25.7 Å². The standard InChI is InChI=1S/C28H37ClO7.C22H24ClN3O/c1-6-23(33)35-15-22(32)28(36-24(34)7-2)16(3)12-20-19-9-8-17-13-18(30)10-11-25(17,4)27(19,29)21(31)14-26(20,28)5;1-25-13-4-5-18(12-14-25)26-22(27)20-7-3-2-6-19(20)21(24-26)15-16-8-10-17(23)11-9-16/h10-11,13,16,19-21,31H,6-9,12,14-15H2,1-5H3;2-3,6-11,18H,4-5,12-15H2,1H3/t16-,19-,20-,21-,25-,26-,27-,28-;/m0./s1. The molecule has 338 valence electrons. The molecule has 3 saturated carbocycles. The third-order valence-corrected chi connectivity index (χ3v) is 16.4. The number of benzene rings is 2. The molecule has 0 bridgehead atoms. The molecule has 11 nitrogen and oxygen atoms in total. The number of hydrogen-bond donors (Lipinski definition) is 1. The highest BCUT2D eigenvalue weighted by Gasteiger charge is 2.76. The van der Waals surface area contributed by atoms with Crippen molar-refractivity contribution in [2.45, 2.75) is 121 Å².